The Balaban J connectivity index is 0. The van der Waals surface area contributed by atoms with E-state index in [9.17, 15) is 0 Å². The first-order chi connectivity index (χ1) is 3.27. The van der Waals surface area contributed by atoms with Crippen LogP contribution in [0.2, 0.25) is 0 Å². The minimum Gasteiger partial charge on any atom is -0.394 e. The van der Waals surface area contributed by atoms with Crippen LogP contribution < -0.4 is 0 Å². The fraction of sp³-hybridized carbons (Fsp3) is 0.600. The predicted octanol–water partition coefficient (Wildman–Crippen LogP) is -0.391. The molecule has 0 radical (unpaired) electrons. The molecule has 7 heavy (non-hydrogen) atoms. The van der Waals surface area contributed by atoms with Crippen LogP contribution in [0.1, 0.15) is 6.92 Å². The molecular formula is C5H10O2. The summed E-state index contributed by atoms with van der Waals surface area (Å²) in [5.41, 5.74) is 0. The van der Waals surface area contributed by atoms with Crippen LogP contribution in [0, 0.1) is 12.8 Å². The summed E-state index contributed by atoms with van der Waals surface area (Å²) in [6.45, 7) is 1.39. The lowest BCUT2D eigenvalue weighted by Gasteiger charge is -1.90. The van der Waals surface area contributed by atoms with Gasteiger partial charge in [-0.15, -0.1) is 12.8 Å². The van der Waals surface area contributed by atoms with Gasteiger partial charge in [0.05, 0.1) is 12.7 Å². The average molecular weight is 102 g/mol. The van der Waals surface area contributed by atoms with E-state index in [0.29, 0.717) is 0 Å². The van der Waals surface area contributed by atoms with E-state index >= 15 is 0 Å². The van der Waals surface area contributed by atoms with Crippen molar-refractivity contribution in [1.82, 2.24) is 0 Å². The van der Waals surface area contributed by atoms with E-state index in [1.807, 2.05) is 0 Å². The molecule has 0 fully saturated rings. The van der Waals surface area contributed by atoms with Crippen molar-refractivity contribution in [2.75, 3.05) is 6.61 Å². The van der Waals surface area contributed by atoms with Gasteiger partial charge >= 0.3 is 0 Å². The van der Waals surface area contributed by atoms with Crippen molar-refractivity contribution >= 4 is 0 Å². The third-order valence-corrected chi connectivity index (χ3v) is 0.264. The van der Waals surface area contributed by atoms with Crippen LogP contribution in [0.4, 0.5) is 0 Å². The summed E-state index contributed by atoms with van der Waals surface area (Å²) in [6, 6.07) is 0. The van der Waals surface area contributed by atoms with Gasteiger partial charge in [0.25, 0.3) is 0 Å². The topological polar surface area (TPSA) is 40.5 Å². The molecular weight excluding hydrogens is 92.1 g/mol. The molecule has 0 amide bonds. The summed E-state index contributed by atoms with van der Waals surface area (Å²) < 4.78 is 0. The van der Waals surface area contributed by atoms with E-state index in [1.54, 1.807) is 0 Å². The first-order valence-electron chi connectivity index (χ1n) is 1.89. The molecule has 2 nitrogen and oxygen atoms in total. The van der Waals surface area contributed by atoms with Gasteiger partial charge in [-0.1, -0.05) is 0 Å². The molecule has 2 N–H and O–H groups in total. The molecule has 0 aliphatic heterocycles. The third kappa shape index (κ3) is 30.3. The van der Waals surface area contributed by atoms with Crippen molar-refractivity contribution in [3.8, 4) is 12.8 Å². The van der Waals surface area contributed by atoms with Gasteiger partial charge in [0.2, 0.25) is 0 Å². The van der Waals surface area contributed by atoms with Crippen LogP contribution in [-0.2, 0) is 0 Å². The smallest absolute Gasteiger partial charge is 0.0742 e. The van der Waals surface area contributed by atoms with Crippen LogP contribution in [0.25, 0.3) is 0 Å². The second-order valence-corrected chi connectivity index (χ2v) is 1.03. The van der Waals surface area contributed by atoms with Crippen LogP contribution in [-0.4, -0.2) is 22.9 Å². The lowest BCUT2D eigenvalue weighted by molar-refractivity contribution is 0.110. The Bertz CT molecular complexity index is 38.6. The number of hydrogen-bond acceptors (Lipinski definition) is 2. The molecule has 2 heteroatoms. The minimum absolute atomic E-state index is 0.139. The maximum atomic E-state index is 8.11. The standard InChI is InChI=1S/C3H8O2.C2H2/c1-3(5)2-4;1-2/h3-5H,2H2,1H3;1-2H. The zero-order chi connectivity index (χ0) is 6.28. The van der Waals surface area contributed by atoms with Crippen molar-refractivity contribution in [2.45, 2.75) is 13.0 Å². The highest BCUT2D eigenvalue weighted by Gasteiger charge is 1.83. The molecule has 0 rings (SSSR count). The molecule has 0 spiro atoms. The van der Waals surface area contributed by atoms with E-state index in [0.717, 1.165) is 0 Å². The summed E-state index contributed by atoms with van der Waals surface area (Å²) in [5.74, 6) is 0. The van der Waals surface area contributed by atoms with Crippen LogP contribution in [0.3, 0.4) is 0 Å². The number of aliphatic hydroxyl groups excluding tert-OH is 2. The molecule has 0 saturated heterocycles. The molecule has 0 heterocycles. The van der Waals surface area contributed by atoms with Gasteiger partial charge in [-0.3, -0.25) is 0 Å². The van der Waals surface area contributed by atoms with E-state index in [2.05, 4.69) is 12.8 Å². The lowest BCUT2D eigenvalue weighted by atomic mass is 10.5. The summed E-state index contributed by atoms with van der Waals surface area (Å²) >= 11 is 0. The lowest BCUT2D eigenvalue weighted by Crippen LogP contribution is -2.03. The fourth-order valence-electron chi connectivity index (χ4n) is 0. The number of hydrogen-bond donors (Lipinski definition) is 2. The van der Waals surface area contributed by atoms with Crippen molar-refractivity contribution in [3.05, 3.63) is 0 Å². The van der Waals surface area contributed by atoms with Crippen molar-refractivity contribution in [2.24, 2.45) is 0 Å². The molecule has 0 aliphatic rings. The van der Waals surface area contributed by atoms with Gasteiger partial charge in [0.15, 0.2) is 0 Å². The second kappa shape index (κ2) is 9.08. The molecule has 0 aromatic heterocycles. The Morgan fingerprint density at radius 1 is 1.57 bits per heavy atom. The SMILES string of the molecule is C#C.CC(O)CO. The van der Waals surface area contributed by atoms with Gasteiger partial charge in [-0.2, -0.15) is 0 Å². The average Bonchev–Trinajstić information content (AvgIpc) is 1.73. The minimum atomic E-state index is -0.560. The van der Waals surface area contributed by atoms with Gasteiger partial charge in [-0.25, -0.2) is 0 Å². The van der Waals surface area contributed by atoms with Crippen LogP contribution in [0.5, 0.6) is 0 Å². The normalized spacial score (nSPS) is 11.0. The quantitative estimate of drug-likeness (QED) is 0.443. The third-order valence-electron chi connectivity index (χ3n) is 0.264. The second-order valence-electron chi connectivity index (χ2n) is 1.03. The Kier molecular flexibility index (Phi) is 12.6. The molecule has 1 unspecified atom stereocenters. The number of aliphatic hydroxyl groups is 2. The van der Waals surface area contributed by atoms with E-state index < -0.39 is 6.10 Å². The zero-order valence-corrected chi connectivity index (χ0v) is 4.33. The Morgan fingerprint density at radius 2 is 1.71 bits per heavy atom. The highest BCUT2D eigenvalue weighted by Crippen LogP contribution is 1.68. The van der Waals surface area contributed by atoms with Gasteiger partial charge in [0.1, 0.15) is 0 Å². The largest absolute Gasteiger partial charge is 0.394 e. The first kappa shape index (κ1) is 9.70. The summed E-state index contributed by atoms with van der Waals surface area (Å²) in [5, 5.41) is 16.0. The summed E-state index contributed by atoms with van der Waals surface area (Å²) in [4.78, 5) is 0. The van der Waals surface area contributed by atoms with E-state index in [1.165, 1.54) is 6.92 Å². The molecule has 0 aromatic carbocycles. The molecule has 42 valence electrons. The molecule has 0 saturated carbocycles. The van der Waals surface area contributed by atoms with E-state index in [-0.39, 0.29) is 6.61 Å². The Hall–Kier alpha value is -0.520. The van der Waals surface area contributed by atoms with Gasteiger partial charge < -0.3 is 10.2 Å². The molecule has 0 aliphatic carbocycles. The van der Waals surface area contributed by atoms with Crippen molar-refractivity contribution < 1.29 is 10.2 Å². The number of terminal acetylenes is 1. The monoisotopic (exact) mass is 102 g/mol. The van der Waals surface area contributed by atoms with E-state index in [4.69, 9.17) is 10.2 Å². The molecule has 0 bridgehead atoms. The van der Waals surface area contributed by atoms with Gasteiger partial charge in [-0.05, 0) is 6.92 Å². The van der Waals surface area contributed by atoms with Crippen LogP contribution >= 0.6 is 0 Å². The molecule has 0 aromatic rings. The van der Waals surface area contributed by atoms with Crippen LogP contribution in [0.15, 0.2) is 0 Å². The maximum Gasteiger partial charge on any atom is 0.0742 e. The molecule has 1 atom stereocenters. The van der Waals surface area contributed by atoms with Crippen molar-refractivity contribution in [1.29, 1.82) is 0 Å². The predicted molar refractivity (Wildman–Crippen MR) is 28.7 cm³/mol. The fourth-order valence-corrected chi connectivity index (χ4v) is 0. The first-order valence-corrected chi connectivity index (χ1v) is 1.89. The maximum absolute atomic E-state index is 8.11. The highest BCUT2D eigenvalue weighted by atomic mass is 16.3. The number of rotatable bonds is 1. The summed E-state index contributed by atoms with van der Waals surface area (Å²) in [6.07, 6.45) is 7.44. The Labute approximate surface area is 43.8 Å². The highest BCUT2D eigenvalue weighted by molar-refractivity contribution is 4.47. The summed E-state index contributed by atoms with van der Waals surface area (Å²) in [7, 11) is 0. The zero-order valence-electron chi connectivity index (χ0n) is 4.33. The van der Waals surface area contributed by atoms with Gasteiger partial charge in [0, 0.05) is 0 Å². The van der Waals surface area contributed by atoms with Crippen molar-refractivity contribution in [3.63, 3.8) is 0 Å². The Morgan fingerprint density at radius 3 is 1.71 bits per heavy atom.